The first-order valence-electron chi connectivity index (χ1n) is 6.15. The van der Waals surface area contributed by atoms with E-state index in [1.165, 1.54) is 12.1 Å². The lowest BCUT2D eigenvalue weighted by atomic mass is 9.96. The van der Waals surface area contributed by atoms with Gasteiger partial charge in [-0.05, 0) is 30.5 Å². The Balaban J connectivity index is 3.15. The van der Waals surface area contributed by atoms with Crippen molar-refractivity contribution in [1.82, 2.24) is 0 Å². The molecule has 1 N–H and O–H groups in total. The van der Waals surface area contributed by atoms with E-state index in [2.05, 4.69) is 6.58 Å². The van der Waals surface area contributed by atoms with Crippen LogP contribution in [0.5, 0.6) is 5.75 Å². The summed E-state index contributed by atoms with van der Waals surface area (Å²) in [5, 5.41) is 20.1. The lowest BCUT2D eigenvalue weighted by Crippen LogP contribution is -2.11. The molecule has 1 aromatic rings. The van der Waals surface area contributed by atoms with Gasteiger partial charge in [-0.1, -0.05) is 19.6 Å². The normalized spacial score (nSPS) is 11.7. The van der Waals surface area contributed by atoms with Crippen molar-refractivity contribution in [1.29, 1.82) is 0 Å². The van der Waals surface area contributed by atoms with E-state index in [1.54, 1.807) is 19.9 Å². The molecular formula is C14H17NO5. The molecule has 0 saturated carbocycles. The van der Waals surface area contributed by atoms with Gasteiger partial charge in [0, 0.05) is 6.07 Å². The standard InChI is InChI=1S/C14H17NO5/c1-4-11(14(16)17)10-5-6-13(20-8-9(2)3)12(7-10)15(18)19/h5-7,11H,2,4,8H2,1,3H3,(H,16,17). The molecule has 6 heteroatoms. The molecule has 1 aromatic carbocycles. The minimum absolute atomic E-state index is 0.113. The maximum atomic E-state index is 11.1. The van der Waals surface area contributed by atoms with Crippen LogP contribution in [0.4, 0.5) is 5.69 Å². The number of carboxylic acid groups (broad SMARTS) is 1. The van der Waals surface area contributed by atoms with Gasteiger partial charge in [0.25, 0.3) is 0 Å². The fraction of sp³-hybridized carbons (Fsp3) is 0.357. The summed E-state index contributed by atoms with van der Waals surface area (Å²) in [4.78, 5) is 21.6. The Bertz CT molecular complexity index is 538. The Kier molecular flexibility index (Phi) is 5.25. The van der Waals surface area contributed by atoms with E-state index in [0.29, 0.717) is 12.0 Å². The number of rotatable bonds is 7. The minimum Gasteiger partial charge on any atom is -0.482 e. The molecule has 1 atom stereocenters. The summed E-state index contributed by atoms with van der Waals surface area (Å²) < 4.78 is 5.30. The second-order valence-corrected chi connectivity index (χ2v) is 4.53. The number of nitro benzene ring substituents is 1. The second-order valence-electron chi connectivity index (χ2n) is 4.53. The Labute approximate surface area is 116 Å². The topological polar surface area (TPSA) is 89.7 Å². The third-order valence-electron chi connectivity index (χ3n) is 2.76. The summed E-state index contributed by atoms with van der Waals surface area (Å²) in [6.45, 7) is 7.30. The van der Waals surface area contributed by atoms with E-state index < -0.39 is 16.8 Å². The maximum Gasteiger partial charge on any atom is 0.311 e. The van der Waals surface area contributed by atoms with Gasteiger partial charge in [0.05, 0.1) is 10.8 Å². The Morgan fingerprint density at radius 1 is 1.55 bits per heavy atom. The largest absolute Gasteiger partial charge is 0.482 e. The highest BCUT2D eigenvalue weighted by atomic mass is 16.6. The van der Waals surface area contributed by atoms with Gasteiger partial charge in [-0.25, -0.2) is 0 Å². The van der Waals surface area contributed by atoms with Crippen molar-refractivity contribution in [3.8, 4) is 5.75 Å². The third kappa shape index (κ3) is 3.81. The van der Waals surface area contributed by atoms with Crippen molar-refractivity contribution in [2.45, 2.75) is 26.2 Å². The molecule has 0 saturated heterocycles. The van der Waals surface area contributed by atoms with Crippen molar-refractivity contribution in [2.75, 3.05) is 6.61 Å². The van der Waals surface area contributed by atoms with Gasteiger partial charge in [0.1, 0.15) is 6.61 Å². The van der Waals surface area contributed by atoms with Gasteiger partial charge >= 0.3 is 11.7 Å². The number of aliphatic carboxylic acids is 1. The lowest BCUT2D eigenvalue weighted by molar-refractivity contribution is -0.385. The number of nitro groups is 1. The van der Waals surface area contributed by atoms with Crippen LogP contribution in [0.2, 0.25) is 0 Å². The first kappa shape index (κ1) is 15.7. The summed E-state index contributed by atoms with van der Waals surface area (Å²) in [5.41, 5.74) is 0.901. The zero-order valence-electron chi connectivity index (χ0n) is 11.5. The van der Waals surface area contributed by atoms with E-state index in [1.807, 2.05) is 0 Å². The molecule has 0 bridgehead atoms. The van der Waals surface area contributed by atoms with E-state index >= 15 is 0 Å². The van der Waals surface area contributed by atoms with Crippen molar-refractivity contribution in [3.63, 3.8) is 0 Å². The van der Waals surface area contributed by atoms with Gasteiger partial charge < -0.3 is 9.84 Å². The highest BCUT2D eigenvalue weighted by Crippen LogP contribution is 2.32. The predicted octanol–water partition coefficient (Wildman–Crippen LogP) is 3.13. The number of ether oxygens (including phenoxy) is 1. The van der Waals surface area contributed by atoms with Crippen molar-refractivity contribution >= 4 is 11.7 Å². The van der Waals surface area contributed by atoms with Crippen molar-refractivity contribution < 1.29 is 19.6 Å². The van der Waals surface area contributed by atoms with Crippen LogP contribution in [0.25, 0.3) is 0 Å². The van der Waals surface area contributed by atoms with E-state index in [-0.39, 0.29) is 18.0 Å². The van der Waals surface area contributed by atoms with Gasteiger partial charge in [-0.2, -0.15) is 0 Å². The van der Waals surface area contributed by atoms with Gasteiger partial charge in [0.2, 0.25) is 0 Å². The molecule has 0 fully saturated rings. The fourth-order valence-corrected chi connectivity index (χ4v) is 1.77. The molecule has 0 aliphatic heterocycles. The molecule has 0 aliphatic rings. The van der Waals surface area contributed by atoms with Gasteiger partial charge in [0.15, 0.2) is 5.75 Å². The van der Waals surface area contributed by atoms with Crippen molar-refractivity contribution in [2.24, 2.45) is 0 Å². The van der Waals surface area contributed by atoms with E-state index in [0.717, 1.165) is 5.57 Å². The van der Waals surface area contributed by atoms with Crippen LogP contribution < -0.4 is 4.74 Å². The quantitative estimate of drug-likeness (QED) is 0.470. The monoisotopic (exact) mass is 279 g/mol. The second kappa shape index (κ2) is 6.70. The molecule has 0 radical (unpaired) electrons. The predicted molar refractivity (Wildman–Crippen MR) is 74.1 cm³/mol. The first-order chi connectivity index (χ1) is 9.36. The van der Waals surface area contributed by atoms with Gasteiger partial charge in [-0.15, -0.1) is 0 Å². The summed E-state index contributed by atoms with van der Waals surface area (Å²) in [7, 11) is 0. The molecule has 0 heterocycles. The molecule has 1 unspecified atom stereocenters. The Hall–Kier alpha value is -2.37. The zero-order valence-corrected chi connectivity index (χ0v) is 11.5. The Morgan fingerprint density at radius 2 is 2.20 bits per heavy atom. The number of hydrogen-bond acceptors (Lipinski definition) is 4. The van der Waals surface area contributed by atoms with Crippen LogP contribution in [0, 0.1) is 10.1 Å². The van der Waals surface area contributed by atoms with E-state index in [4.69, 9.17) is 9.84 Å². The molecule has 0 amide bonds. The maximum absolute atomic E-state index is 11.1. The number of carboxylic acids is 1. The number of hydrogen-bond donors (Lipinski definition) is 1. The summed E-state index contributed by atoms with van der Waals surface area (Å²) in [5.74, 6) is -1.65. The van der Waals surface area contributed by atoms with Gasteiger partial charge in [-0.3, -0.25) is 14.9 Å². The molecule has 0 spiro atoms. The molecule has 20 heavy (non-hydrogen) atoms. The molecular weight excluding hydrogens is 262 g/mol. The number of nitrogens with zero attached hydrogens (tertiary/aromatic N) is 1. The summed E-state index contributed by atoms with van der Waals surface area (Å²) in [6.07, 6.45) is 0.360. The third-order valence-corrected chi connectivity index (χ3v) is 2.76. The van der Waals surface area contributed by atoms with Crippen LogP contribution in [0.3, 0.4) is 0 Å². The highest BCUT2D eigenvalue weighted by molar-refractivity contribution is 5.76. The molecule has 0 aromatic heterocycles. The molecule has 6 nitrogen and oxygen atoms in total. The molecule has 0 aliphatic carbocycles. The molecule has 1 rings (SSSR count). The van der Waals surface area contributed by atoms with Crippen LogP contribution >= 0.6 is 0 Å². The fourth-order valence-electron chi connectivity index (χ4n) is 1.77. The first-order valence-corrected chi connectivity index (χ1v) is 6.15. The number of carbonyl (C=O) groups is 1. The van der Waals surface area contributed by atoms with Crippen LogP contribution in [0.1, 0.15) is 31.7 Å². The average Bonchev–Trinajstić information content (AvgIpc) is 2.37. The zero-order chi connectivity index (χ0) is 15.3. The summed E-state index contributed by atoms with van der Waals surface area (Å²) >= 11 is 0. The summed E-state index contributed by atoms with van der Waals surface area (Å²) in [6, 6.07) is 4.24. The number of benzene rings is 1. The van der Waals surface area contributed by atoms with Crippen LogP contribution in [-0.4, -0.2) is 22.6 Å². The van der Waals surface area contributed by atoms with E-state index in [9.17, 15) is 14.9 Å². The minimum atomic E-state index is -1.00. The van der Waals surface area contributed by atoms with Crippen LogP contribution in [-0.2, 0) is 4.79 Å². The average molecular weight is 279 g/mol. The smallest absolute Gasteiger partial charge is 0.311 e. The Morgan fingerprint density at radius 3 is 2.65 bits per heavy atom. The highest BCUT2D eigenvalue weighted by Gasteiger charge is 2.23. The van der Waals surface area contributed by atoms with Crippen LogP contribution in [0.15, 0.2) is 30.4 Å². The SMILES string of the molecule is C=C(C)COc1ccc(C(CC)C(=O)O)cc1[N+](=O)[O-]. The lowest BCUT2D eigenvalue weighted by Gasteiger charge is -2.12. The molecule has 108 valence electrons. The van der Waals surface area contributed by atoms with Crippen molar-refractivity contribution in [3.05, 3.63) is 46.0 Å².